The minimum Gasteiger partial charge on any atom is -0.488 e. The number of hydrogen-bond donors (Lipinski definition) is 2. The quantitative estimate of drug-likeness (QED) is 0.135. The van der Waals surface area contributed by atoms with Crippen molar-refractivity contribution in [3.05, 3.63) is 107 Å². The van der Waals surface area contributed by atoms with Crippen molar-refractivity contribution in [2.24, 2.45) is 0 Å². The predicted octanol–water partition coefficient (Wildman–Crippen LogP) is 7.05. The van der Waals surface area contributed by atoms with Gasteiger partial charge in [0.05, 0.1) is 12.1 Å². The normalized spacial score (nSPS) is 11.0. The Morgan fingerprint density at radius 3 is 2.07 bits per heavy atom. The molecule has 0 aliphatic rings. The minimum atomic E-state index is -0.427. The lowest BCUT2D eigenvalue weighted by atomic mass is 9.95. The number of nitrogens with one attached hydrogen (secondary N) is 2. The summed E-state index contributed by atoms with van der Waals surface area (Å²) >= 11 is 0. The Kier molecular flexibility index (Phi) is 10.5. The van der Waals surface area contributed by atoms with Crippen molar-refractivity contribution in [2.45, 2.75) is 59.8 Å². The van der Waals surface area contributed by atoms with Crippen LogP contribution in [0.4, 0.5) is 0 Å². The van der Waals surface area contributed by atoms with Crippen molar-refractivity contribution in [3.63, 3.8) is 0 Å². The number of carbonyl (C=O) groups excluding carboxylic acids is 2. The molecule has 238 valence electrons. The fourth-order valence-corrected chi connectivity index (χ4v) is 4.85. The number of hydrogen-bond acceptors (Lipinski definition) is 8. The van der Waals surface area contributed by atoms with Crippen LogP contribution in [0.1, 0.15) is 72.9 Å². The molecule has 0 bridgehead atoms. The molecule has 2 N–H and O–H groups in total. The molecule has 0 radical (unpaired) electrons. The third kappa shape index (κ3) is 7.63. The lowest BCUT2D eigenvalue weighted by molar-refractivity contribution is -0.120. The van der Waals surface area contributed by atoms with Crippen LogP contribution in [0.3, 0.4) is 0 Å². The molecule has 5 rings (SSSR count). The maximum Gasteiger partial charge on any atom is 0.274 e. The van der Waals surface area contributed by atoms with E-state index in [1.54, 1.807) is 13.0 Å². The Morgan fingerprint density at radius 1 is 0.804 bits per heavy atom. The summed E-state index contributed by atoms with van der Waals surface area (Å²) in [7, 11) is 0. The molecular formula is C36H38N4O6. The van der Waals surface area contributed by atoms with E-state index in [0.717, 1.165) is 16.7 Å². The third-order valence-electron chi connectivity index (χ3n) is 7.29. The van der Waals surface area contributed by atoms with Gasteiger partial charge in [0.15, 0.2) is 17.2 Å². The van der Waals surface area contributed by atoms with E-state index in [0.29, 0.717) is 47.9 Å². The summed E-state index contributed by atoms with van der Waals surface area (Å²) < 4.78 is 24.5. The number of carbonyl (C=O) groups is 2. The van der Waals surface area contributed by atoms with Gasteiger partial charge in [0, 0.05) is 25.1 Å². The number of nitrogens with zero attached hydrogens (tertiary/aromatic N) is 2. The van der Waals surface area contributed by atoms with E-state index >= 15 is 0 Å². The minimum absolute atomic E-state index is 0.0432. The van der Waals surface area contributed by atoms with Gasteiger partial charge in [-0.2, -0.15) is 0 Å². The average molecular weight is 623 g/mol. The Hall–Kier alpha value is -5.38. The van der Waals surface area contributed by atoms with Crippen molar-refractivity contribution < 1.29 is 28.1 Å². The first kappa shape index (κ1) is 32.0. The summed E-state index contributed by atoms with van der Waals surface area (Å²) in [5, 5.41) is 13.9. The Balaban J connectivity index is 1.62. The Morgan fingerprint density at radius 2 is 1.46 bits per heavy atom. The summed E-state index contributed by atoms with van der Waals surface area (Å²) in [5.74, 6) is 1.22. The van der Waals surface area contributed by atoms with Crippen LogP contribution in [0.15, 0.2) is 87.9 Å². The number of aromatic nitrogens is 2. The van der Waals surface area contributed by atoms with E-state index in [1.165, 1.54) is 0 Å². The van der Waals surface area contributed by atoms with Gasteiger partial charge in [-0.3, -0.25) is 9.59 Å². The van der Waals surface area contributed by atoms with Crippen molar-refractivity contribution in [2.75, 3.05) is 6.54 Å². The highest BCUT2D eigenvalue weighted by Crippen LogP contribution is 2.44. The van der Waals surface area contributed by atoms with Crippen LogP contribution in [0.2, 0.25) is 0 Å². The molecule has 0 saturated carbocycles. The molecule has 0 fully saturated rings. The third-order valence-corrected chi connectivity index (χ3v) is 7.29. The second kappa shape index (κ2) is 15.1. The van der Waals surface area contributed by atoms with Gasteiger partial charge < -0.3 is 29.2 Å². The molecule has 0 saturated heterocycles. The van der Waals surface area contributed by atoms with Crippen LogP contribution in [0, 0.1) is 0 Å². The molecule has 2 aromatic heterocycles. The molecule has 0 aliphatic heterocycles. The molecule has 2 heterocycles. The van der Waals surface area contributed by atoms with E-state index in [2.05, 4.69) is 34.8 Å². The predicted molar refractivity (Wildman–Crippen MR) is 173 cm³/mol. The van der Waals surface area contributed by atoms with Crippen LogP contribution >= 0.6 is 0 Å². The number of rotatable bonds is 14. The molecular weight excluding hydrogens is 584 g/mol. The maximum absolute atomic E-state index is 13.2. The largest absolute Gasteiger partial charge is 0.488 e. The van der Waals surface area contributed by atoms with Crippen molar-refractivity contribution in [1.29, 1.82) is 0 Å². The molecule has 3 aromatic carbocycles. The van der Waals surface area contributed by atoms with Crippen LogP contribution in [-0.4, -0.2) is 28.7 Å². The van der Waals surface area contributed by atoms with Gasteiger partial charge in [-0.15, -0.1) is 0 Å². The summed E-state index contributed by atoms with van der Waals surface area (Å²) in [4.78, 5) is 25.0. The zero-order valence-electron chi connectivity index (χ0n) is 26.5. The highest BCUT2D eigenvalue weighted by atomic mass is 16.5. The van der Waals surface area contributed by atoms with Crippen LogP contribution in [0.25, 0.3) is 22.6 Å². The average Bonchev–Trinajstić information content (AvgIpc) is 3.73. The molecule has 0 aliphatic carbocycles. The molecule has 10 heteroatoms. The summed E-state index contributed by atoms with van der Waals surface area (Å²) in [6.07, 6.45) is 0.344. The van der Waals surface area contributed by atoms with Gasteiger partial charge in [0.25, 0.3) is 5.91 Å². The Bertz CT molecular complexity index is 1760. The van der Waals surface area contributed by atoms with E-state index in [4.69, 9.17) is 18.5 Å². The van der Waals surface area contributed by atoms with Crippen molar-refractivity contribution >= 4 is 11.8 Å². The fourth-order valence-electron chi connectivity index (χ4n) is 4.85. The lowest BCUT2D eigenvalue weighted by Gasteiger charge is -2.19. The summed E-state index contributed by atoms with van der Waals surface area (Å²) in [6.45, 7) is 8.96. The van der Waals surface area contributed by atoms with Crippen LogP contribution in [0.5, 0.6) is 11.5 Å². The first-order chi connectivity index (χ1) is 22.4. The standard InChI is InChI=1S/C36H38N4O6/c1-5-32(41)38-20-26-17-31(45-39-26)33-34(36(42)37-6-2)40-46-35(33)28-18-27(23(3)4)29(43-21-24-13-9-7-10-14-24)19-30(28)44-22-25-15-11-8-12-16-25/h7-19,23H,5-6,20-22H2,1-4H3,(H,37,42)(H,38,41). The van der Waals surface area contributed by atoms with Crippen molar-refractivity contribution in [3.8, 4) is 34.1 Å². The summed E-state index contributed by atoms with van der Waals surface area (Å²) in [6, 6.07) is 25.2. The van der Waals surface area contributed by atoms with Gasteiger partial charge >= 0.3 is 0 Å². The first-order valence-corrected chi connectivity index (χ1v) is 15.4. The van der Waals surface area contributed by atoms with E-state index < -0.39 is 5.91 Å². The van der Waals surface area contributed by atoms with Gasteiger partial charge in [-0.05, 0) is 35.6 Å². The number of amides is 2. The SMILES string of the molecule is CCNC(=O)c1noc(-c2cc(C(C)C)c(OCc3ccccc3)cc2OCc2ccccc2)c1-c1cc(CNC(=O)CC)no1. The topological polar surface area (TPSA) is 129 Å². The highest BCUT2D eigenvalue weighted by Gasteiger charge is 2.30. The zero-order valence-corrected chi connectivity index (χ0v) is 26.5. The van der Waals surface area contributed by atoms with Gasteiger partial charge in [-0.25, -0.2) is 0 Å². The van der Waals surface area contributed by atoms with Crippen LogP contribution < -0.4 is 20.1 Å². The number of benzene rings is 3. The molecule has 0 atom stereocenters. The van der Waals surface area contributed by atoms with Crippen LogP contribution in [-0.2, 0) is 24.6 Å². The molecule has 0 unspecified atom stereocenters. The molecule has 5 aromatic rings. The second-order valence-corrected chi connectivity index (χ2v) is 11.0. The molecule has 46 heavy (non-hydrogen) atoms. The lowest BCUT2D eigenvalue weighted by Crippen LogP contribution is -2.23. The Labute approximate surface area is 268 Å². The van der Waals surface area contributed by atoms with Crippen molar-refractivity contribution in [1.82, 2.24) is 20.9 Å². The van der Waals surface area contributed by atoms with E-state index in [9.17, 15) is 9.59 Å². The molecule has 2 amide bonds. The van der Waals surface area contributed by atoms with Gasteiger partial charge in [0.1, 0.15) is 36.0 Å². The smallest absolute Gasteiger partial charge is 0.274 e. The maximum atomic E-state index is 13.2. The zero-order chi connectivity index (χ0) is 32.5. The summed E-state index contributed by atoms with van der Waals surface area (Å²) in [5.41, 5.74) is 4.35. The first-order valence-electron chi connectivity index (χ1n) is 15.4. The fraction of sp³-hybridized carbons (Fsp3) is 0.278. The number of ether oxygens (including phenoxy) is 2. The van der Waals surface area contributed by atoms with Gasteiger partial charge in [-0.1, -0.05) is 91.7 Å². The van der Waals surface area contributed by atoms with Gasteiger partial charge in [0.2, 0.25) is 5.91 Å². The molecule has 10 nitrogen and oxygen atoms in total. The monoisotopic (exact) mass is 622 g/mol. The second-order valence-electron chi connectivity index (χ2n) is 11.0. The molecule has 0 spiro atoms. The highest BCUT2D eigenvalue weighted by molar-refractivity contribution is 6.02. The van der Waals surface area contributed by atoms with E-state index in [1.807, 2.05) is 79.7 Å². The van der Waals surface area contributed by atoms with E-state index in [-0.39, 0.29) is 42.2 Å².